The van der Waals surface area contributed by atoms with Gasteiger partial charge in [0.05, 0.1) is 22.7 Å². The third-order valence-corrected chi connectivity index (χ3v) is 6.08. The second-order valence-corrected chi connectivity index (χ2v) is 7.55. The molecular weight excluding hydrogens is 262 g/mol. The maximum atomic E-state index is 12.3. The Labute approximate surface area is 115 Å². The van der Waals surface area contributed by atoms with Gasteiger partial charge in [0.25, 0.3) is 0 Å². The fourth-order valence-electron chi connectivity index (χ4n) is 2.77. The van der Waals surface area contributed by atoms with E-state index in [1.165, 1.54) is 0 Å². The molecular formula is C13H23N3O2S. The van der Waals surface area contributed by atoms with Crippen LogP contribution in [0.3, 0.4) is 0 Å². The van der Waals surface area contributed by atoms with E-state index < -0.39 is 9.84 Å². The zero-order valence-corrected chi connectivity index (χ0v) is 12.5. The predicted octanol–water partition coefficient (Wildman–Crippen LogP) is 1.43. The second kappa shape index (κ2) is 6.05. The molecule has 0 saturated carbocycles. The number of hydrogen-bond donors (Lipinski definition) is 1. The van der Waals surface area contributed by atoms with Crippen LogP contribution in [0.4, 0.5) is 0 Å². The summed E-state index contributed by atoms with van der Waals surface area (Å²) in [5, 5.41) is 7.25. The van der Waals surface area contributed by atoms with E-state index in [4.69, 9.17) is 0 Å². The molecule has 1 aliphatic heterocycles. The molecule has 1 aromatic heterocycles. The Morgan fingerprint density at radius 1 is 1.53 bits per heavy atom. The van der Waals surface area contributed by atoms with Gasteiger partial charge in [-0.05, 0) is 31.9 Å². The Morgan fingerprint density at radius 2 is 2.32 bits per heavy atom. The van der Waals surface area contributed by atoms with E-state index in [2.05, 4.69) is 17.3 Å². The lowest BCUT2D eigenvalue weighted by Crippen LogP contribution is -2.41. The van der Waals surface area contributed by atoms with Crippen molar-refractivity contribution in [1.82, 2.24) is 15.1 Å². The summed E-state index contributed by atoms with van der Waals surface area (Å²) in [5.41, 5.74) is 0.962. The van der Waals surface area contributed by atoms with Crippen LogP contribution in [0.5, 0.6) is 0 Å². The van der Waals surface area contributed by atoms with Crippen molar-refractivity contribution in [2.75, 3.05) is 12.3 Å². The first-order chi connectivity index (χ1) is 9.06. The van der Waals surface area contributed by atoms with Crippen molar-refractivity contribution in [2.45, 2.75) is 43.9 Å². The number of sulfone groups is 1. The smallest absolute Gasteiger partial charge is 0.155 e. The van der Waals surface area contributed by atoms with Crippen molar-refractivity contribution >= 4 is 9.84 Å². The molecule has 0 aromatic carbocycles. The van der Waals surface area contributed by atoms with Gasteiger partial charge in [0, 0.05) is 13.2 Å². The largest absolute Gasteiger partial charge is 0.308 e. The molecule has 2 unspecified atom stereocenters. The summed E-state index contributed by atoms with van der Waals surface area (Å²) >= 11 is 0. The first kappa shape index (κ1) is 14.5. The molecule has 2 atom stereocenters. The van der Waals surface area contributed by atoms with E-state index >= 15 is 0 Å². The Kier molecular flexibility index (Phi) is 4.62. The molecule has 1 aliphatic rings. The lowest BCUT2D eigenvalue weighted by atomic mass is 10.0. The monoisotopic (exact) mass is 285 g/mol. The molecule has 2 rings (SSSR count). The first-order valence-corrected chi connectivity index (χ1v) is 8.70. The van der Waals surface area contributed by atoms with Crippen LogP contribution < -0.4 is 5.32 Å². The van der Waals surface area contributed by atoms with E-state index in [1.54, 1.807) is 10.9 Å². The van der Waals surface area contributed by atoms with Gasteiger partial charge < -0.3 is 5.32 Å². The molecule has 5 nitrogen and oxygen atoms in total. The summed E-state index contributed by atoms with van der Waals surface area (Å²) in [7, 11) is -1.13. The minimum Gasteiger partial charge on any atom is -0.308 e. The van der Waals surface area contributed by atoms with Gasteiger partial charge in [-0.25, -0.2) is 8.42 Å². The summed E-state index contributed by atoms with van der Waals surface area (Å²) in [6.07, 6.45) is 5.25. The Bertz CT molecular complexity index is 510. The molecule has 1 N–H and O–H groups in total. The van der Waals surface area contributed by atoms with Crippen LogP contribution in [0.15, 0.2) is 12.3 Å². The normalized spacial score (nSPS) is 24.2. The number of nitrogens with zero attached hydrogens (tertiary/aromatic N) is 2. The zero-order chi connectivity index (χ0) is 13.9. The molecule has 0 radical (unpaired) electrons. The zero-order valence-electron chi connectivity index (χ0n) is 11.7. The third kappa shape index (κ3) is 3.17. The van der Waals surface area contributed by atoms with Gasteiger partial charge in [0.1, 0.15) is 0 Å². The highest BCUT2D eigenvalue weighted by Crippen LogP contribution is 2.30. The summed E-state index contributed by atoms with van der Waals surface area (Å²) in [6.45, 7) is 2.91. The van der Waals surface area contributed by atoms with Gasteiger partial charge >= 0.3 is 0 Å². The number of hydrogen-bond acceptors (Lipinski definition) is 4. The van der Waals surface area contributed by atoms with Gasteiger partial charge in [-0.2, -0.15) is 5.10 Å². The van der Waals surface area contributed by atoms with Crippen LogP contribution >= 0.6 is 0 Å². The van der Waals surface area contributed by atoms with Gasteiger partial charge in [0.2, 0.25) is 0 Å². The maximum Gasteiger partial charge on any atom is 0.155 e. The quantitative estimate of drug-likeness (QED) is 0.889. The molecule has 0 bridgehead atoms. The SMILES string of the molecule is CCCNC(c1ccnn1C)C1CCCCS1(=O)=O. The van der Waals surface area contributed by atoms with Crippen LogP contribution in [0.1, 0.15) is 44.3 Å². The first-order valence-electron chi connectivity index (χ1n) is 6.99. The molecule has 1 aromatic rings. The summed E-state index contributed by atoms with van der Waals surface area (Å²) < 4.78 is 26.4. The molecule has 6 heteroatoms. The minimum atomic E-state index is -3.00. The lowest BCUT2D eigenvalue weighted by Gasteiger charge is -2.31. The number of aromatic nitrogens is 2. The molecule has 0 aliphatic carbocycles. The van der Waals surface area contributed by atoms with Crippen LogP contribution in [-0.4, -0.2) is 35.7 Å². The highest BCUT2D eigenvalue weighted by molar-refractivity contribution is 7.92. The molecule has 0 amide bonds. The second-order valence-electron chi connectivity index (χ2n) is 5.21. The molecule has 1 saturated heterocycles. The molecule has 19 heavy (non-hydrogen) atoms. The highest BCUT2D eigenvalue weighted by Gasteiger charge is 2.37. The number of nitrogens with one attached hydrogen (secondary N) is 1. The minimum absolute atomic E-state index is 0.141. The van der Waals surface area contributed by atoms with Gasteiger partial charge in [-0.15, -0.1) is 0 Å². The summed E-state index contributed by atoms with van der Waals surface area (Å²) in [5.74, 6) is 0.319. The van der Waals surface area contributed by atoms with Crippen LogP contribution in [0.25, 0.3) is 0 Å². The van der Waals surface area contributed by atoms with Crippen molar-refractivity contribution in [3.05, 3.63) is 18.0 Å². The maximum absolute atomic E-state index is 12.3. The van der Waals surface area contributed by atoms with Crippen LogP contribution in [0.2, 0.25) is 0 Å². The third-order valence-electron chi connectivity index (χ3n) is 3.79. The molecule has 1 fully saturated rings. The van der Waals surface area contributed by atoms with Crippen LogP contribution in [-0.2, 0) is 16.9 Å². The van der Waals surface area contributed by atoms with Crippen molar-refractivity contribution < 1.29 is 8.42 Å². The van der Waals surface area contributed by atoms with E-state index in [0.717, 1.165) is 37.9 Å². The molecule has 108 valence electrons. The summed E-state index contributed by atoms with van der Waals surface area (Å²) in [6, 6.07) is 1.77. The van der Waals surface area contributed by atoms with E-state index in [-0.39, 0.29) is 11.3 Å². The Hall–Kier alpha value is -0.880. The fourth-order valence-corrected chi connectivity index (χ4v) is 4.85. The average Bonchev–Trinajstić information content (AvgIpc) is 2.78. The Morgan fingerprint density at radius 3 is 2.89 bits per heavy atom. The number of aryl methyl sites for hydroxylation is 1. The Balaban J connectivity index is 2.29. The van der Waals surface area contributed by atoms with Crippen molar-refractivity contribution in [2.24, 2.45) is 7.05 Å². The van der Waals surface area contributed by atoms with E-state index in [0.29, 0.717) is 5.75 Å². The molecule has 2 heterocycles. The number of rotatable bonds is 5. The van der Waals surface area contributed by atoms with Crippen LogP contribution in [0, 0.1) is 0 Å². The van der Waals surface area contributed by atoms with Gasteiger partial charge in [-0.1, -0.05) is 13.3 Å². The van der Waals surface area contributed by atoms with Crippen molar-refractivity contribution in [3.8, 4) is 0 Å². The predicted molar refractivity (Wildman–Crippen MR) is 75.7 cm³/mol. The van der Waals surface area contributed by atoms with Gasteiger partial charge in [-0.3, -0.25) is 4.68 Å². The summed E-state index contributed by atoms with van der Waals surface area (Å²) in [4.78, 5) is 0. The molecule has 0 spiro atoms. The topological polar surface area (TPSA) is 64.0 Å². The standard InChI is InChI=1S/C13H23N3O2S/c1-3-8-14-13(11-7-9-15-16(11)2)12-6-4-5-10-19(12,17)18/h7,9,12-14H,3-6,8,10H2,1-2H3. The van der Waals surface area contributed by atoms with Gasteiger partial charge in [0.15, 0.2) is 9.84 Å². The fraction of sp³-hybridized carbons (Fsp3) is 0.769. The van der Waals surface area contributed by atoms with E-state index in [9.17, 15) is 8.42 Å². The van der Waals surface area contributed by atoms with Crippen molar-refractivity contribution in [3.63, 3.8) is 0 Å². The highest BCUT2D eigenvalue weighted by atomic mass is 32.2. The van der Waals surface area contributed by atoms with E-state index in [1.807, 2.05) is 13.1 Å². The average molecular weight is 285 g/mol. The van der Waals surface area contributed by atoms with Crippen molar-refractivity contribution in [1.29, 1.82) is 0 Å². The lowest BCUT2D eigenvalue weighted by molar-refractivity contribution is 0.428.